The number of nitrogens with zero attached hydrogens (tertiary/aromatic N) is 2. The van der Waals surface area contributed by atoms with E-state index in [2.05, 4.69) is 0 Å². The lowest BCUT2D eigenvalue weighted by Crippen LogP contribution is -2.49. The molecule has 1 aliphatic heterocycles. The predicted octanol–water partition coefficient (Wildman–Crippen LogP) is 4.93. The van der Waals surface area contributed by atoms with Crippen molar-refractivity contribution in [2.75, 3.05) is 19.7 Å². The molecule has 0 saturated carbocycles. The molecule has 0 N–H and O–H groups in total. The summed E-state index contributed by atoms with van der Waals surface area (Å²) >= 11 is 1.66. The molecule has 1 aromatic carbocycles. The summed E-state index contributed by atoms with van der Waals surface area (Å²) in [6, 6.07) is 10.8. The van der Waals surface area contributed by atoms with E-state index in [1.54, 1.807) is 45.4 Å². The molecule has 2 aromatic heterocycles. The molecule has 6 nitrogen and oxygen atoms in total. The van der Waals surface area contributed by atoms with E-state index >= 15 is 0 Å². The van der Waals surface area contributed by atoms with Gasteiger partial charge in [-0.25, -0.2) is 4.39 Å². The molecule has 2 amide bonds. The lowest BCUT2D eigenvalue weighted by Gasteiger charge is -2.38. The van der Waals surface area contributed by atoms with Crippen LogP contribution in [0, 0.1) is 5.82 Å². The molecule has 8 heteroatoms. The van der Waals surface area contributed by atoms with Gasteiger partial charge in [0.2, 0.25) is 5.91 Å². The van der Waals surface area contributed by atoms with Crippen molar-refractivity contribution >= 4 is 23.2 Å². The van der Waals surface area contributed by atoms with Gasteiger partial charge in [0.25, 0.3) is 5.91 Å². The van der Waals surface area contributed by atoms with Crippen molar-refractivity contribution in [3.8, 4) is 5.75 Å². The van der Waals surface area contributed by atoms with Gasteiger partial charge in [0.05, 0.1) is 12.3 Å². The van der Waals surface area contributed by atoms with Crippen LogP contribution in [-0.2, 0) is 11.2 Å². The maximum Gasteiger partial charge on any atom is 0.290 e. The Morgan fingerprint density at radius 2 is 2.15 bits per heavy atom. The lowest BCUT2D eigenvalue weighted by atomic mass is 10.00. The van der Waals surface area contributed by atoms with Gasteiger partial charge in [-0.15, -0.1) is 11.3 Å². The third kappa shape index (κ3) is 5.11. The number of benzene rings is 1. The summed E-state index contributed by atoms with van der Waals surface area (Å²) in [5, 5.41) is 2.01. The van der Waals surface area contributed by atoms with Gasteiger partial charge >= 0.3 is 0 Å². The first kappa shape index (κ1) is 23.0. The summed E-state index contributed by atoms with van der Waals surface area (Å²) in [7, 11) is 0. The monoisotopic (exact) mass is 470 g/mol. The van der Waals surface area contributed by atoms with E-state index in [0.717, 1.165) is 12.0 Å². The molecule has 0 radical (unpaired) electrons. The Morgan fingerprint density at radius 1 is 1.30 bits per heavy atom. The van der Waals surface area contributed by atoms with E-state index in [4.69, 9.17) is 9.15 Å². The van der Waals surface area contributed by atoms with E-state index in [0.29, 0.717) is 18.7 Å². The molecule has 2 atom stereocenters. The fourth-order valence-electron chi connectivity index (χ4n) is 4.03. The zero-order chi connectivity index (χ0) is 23.4. The van der Waals surface area contributed by atoms with Crippen molar-refractivity contribution in [3.63, 3.8) is 0 Å². The molecule has 0 unspecified atom stereocenters. The van der Waals surface area contributed by atoms with Crippen molar-refractivity contribution in [3.05, 3.63) is 76.1 Å². The number of thiophene rings is 1. The highest BCUT2D eigenvalue weighted by molar-refractivity contribution is 7.10. The second-order valence-electron chi connectivity index (χ2n) is 8.09. The number of furan rings is 1. The summed E-state index contributed by atoms with van der Waals surface area (Å²) < 4.78 is 24.8. The molecule has 0 bridgehead atoms. The van der Waals surface area contributed by atoms with Crippen molar-refractivity contribution in [1.29, 1.82) is 0 Å². The number of rotatable bonds is 8. The van der Waals surface area contributed by atoms with Crippen LogP contribution in [0.25, 0.3) is 0 Å². The van der Waals surface area contributed by atoms with Crippen molar-refractivity contribution < 1.29 is 23.1 Å². The highest BCUT2D eigenvalue weighted by Crippen LogP contribution is 2.34. The summed E-state index contributed by atoms with van der Waals surface area (Å²) in [6.45, 7) is 4.59. The third-order valence-electron chi connectivity index (χ3n) is 6.04. The molecule has 1 aliphatic rings. The Bertz CT molecular complexity index is 1100. The fraction of sp³-hybridized carbons (Fsp3) is 0.360. The highest BCUT2D eigenvalue weighted by atomic mass is 32.1. The minimum absolute atomic E-state index is 0.0511. The van der Waals surface area contributed by atoms with Gasteiger partial charge in [0, 0.05) is 23.5 Å². The number of hydrogen-bond acceptors (Lipinski definition) is 5. The van der Waals surface area contributed by atoms with E-state index in [9.17, 15) is 14.0 Å². The zero-order valence-corrected chi connectivity index (χ0v) is 19.5. The average molecular weight is 471 g/mol. The maximum atomic E-state index is 13.6. The van der Waals surface area contributed by atoms with Crippen LogP contribution in [0.5, 0.6) is 5.75 Å². The SMILES string of the molecule is CC[C@@H](C)N(CC(=O)N1CCc2sccc2[C@@H]1COc1cccc(F)c1)C(=O)c1ccco1. The third-order valence-corrected chi connectivity index (χ3v) is 7.04. The van der Waals surface area contributed by atoms with Crippen molar-refractivity contribution in [2.24, 2.45) is 0 Å². The largest absolute Gasteiger partial charge is 0.491 e. The smallest absolute Gasteiger partial charge is 0.290 e. The van der Waals surface area contributed by atoms with Gasteiger partial charge < -0.3 is 19.0 Å². The molecule has 0 fully saturated rings. The minimum atomic E-state index is -0.374. The van der Waals surface area contributed by atoms with Gasteiger partial charge in [0.1, 0.15) is 24.7 Å². The second kappa shape index (κ2) is 10.2. The van der Waals surface area contributed by atoms with E-state index in [1.165, 1.54) is 23.3 Å². The van der Waals surface area contributed by atoms with Crippen LogP contribution in [0.2, 0.25) is 0 Å². The average Bonchev–Trinajstić information content (AvgIpc) is 3.52. The van der Waals surface area contributed by atoms with Gasteiger partial charge in [-0.3, -0.25) is 9.59 Å². The standard InChI is InChI=1S/C25H27FN2O4S/c1-3-17(2)28(25(30)22-8-5-12-31-22)15-24(29)27-11-9-23-20(10-13-33-23)21(27)16-32-19-7-4-6-18(26)14-19/h4-8,10,12-14,17,21H,3,9,11,15-16H2,1-2H3/t17-,21+/m1/s1. The van der Waals surface area contributed by atoms with Gasteiger partial charge in [-0.1, -0.05) is 13.0 Å². The van der Waals surface area contributed by atoms with Crippen LogP contribution >= 0.6 is 11.3 Å². The molecule has 0 spiro atoms. The second-order valence-corrected chi connectivity index (χ2v) is 9.09. The first-order valence-corrected chi connectivity index (χ1v) is 11.9. The quantitative estimate of drug-likeness (QED) is 0.469. The molecule has 0 aliphatic carbocycles. The Kier molecular flexibility index (Phi) is 7.13. The summed E-state index contributed by atoms with van der Waals surface area (Å²) in [4.78, 5) is 31.1. The Morgan fingerprint density at radius 3 is 2.88 bits per heavy atom. The van der Waals surface area contributed by atoms with Crippen molar-refractivity contribution in [1.82, 2.24) is 9.80 Å². The Labute approximate surface area is 196 Å². The molecule has 3 aromatic rings. The molecular formula is C25H27FN2O4S. The Hall–Kier alpha value is -3.13. The molecule has 174 valence electrons. The zero-order valence-electron chi connectivity index (χ0n) is 18.7. The first-order valence-electron chi connectivity index (χ1n) is 11.1. The van der Waals surface area contributed by atoms with Crippen LogP contribution in [0.4, 0.5) is 4.39 Å². The van der Waals surface area contributed by atoms with Crippen LogP contribution in [0.15, 0.2) is 58.5 Å². The van der Waals surface area contributed by atoms with E-state index < -0.39 is 0 Å². The van der Waals surface area contributed by atoms with Gasteiger partial charge in [-0.2, -0.15) is 0 Å². The van der Waals surface area contributed by atoms with E-state index in [1.807, 2.05) is 25.3 Å². The van der Waals surface area contributed by atoms with Crippen LogP contribution in [-0.4, -0.2) is 47.4 Å². The number of ether oxygens (including phenoxy) is 1. The summed E-state index contributed by atoms with van der Waals surface area (Å²) in [5.74, 6) is -0.198. The van der Waals surface area contributed by atoms with Crippen molar-refractivity contribution in [2.45, 2.75) is 38.8 Å². The molecule has 3 heterocycles. The topological polar surface area (TPSA) is 63.0 Å². The molecule has 33 heavy (non-hydrogen) atoms. The maximum absolute atomic E-state index is 13.6. The number of fused-ring (bicyclic) bond motifs is 1. The first-order chi connectivity index (χ1) is 16.0. The van der Waals surface area contributed by atoms with Gasteiger partial charge in [0.15, 0.2) is 5.76 Å². The van der Waals surface area contributed by atoms with Crippen LogP contribution < -0.4 is 4.74 Å². The lowest BCUT2D eigenvalue weighted by molar-refractivity contribution is -0.136. The normalized spacial score (nSPS) is 16.2. The van der Waals surface area contributed by atoms with Crippen LogP contribution in [0.3, 0.4) is 0 Å². The predicted molar refractivity (Wildman–Crippen MR) is 124 cm³/mol. The van der Waals surface area contributed by atoms with Gasteiger partial charge in [-0.05, 0) is 61.0 Å². The minimum Gasteiger partial charge on any atom is -0.491 e. The molecule has 0 saturated heterocycles. The number of halogens is 1. The van der Waals surface area contributed by atoms with Crippen LogP contribution in [0.1, 0.15) is 47.3 Å². The fourth-order valence-corrected chi connectivity index (χ4v) is 4.96. The Balaban J connectivity index is 1.54. The highest BCUT2D eigenvalue weighted by Gasteiger charge is 2.34. The summed E-state index contributed by atoms with van der Waals surface area (Å²) in [5.41, 5.74) is 1.04. The number of hydrogen-bond donors (Lipinski definition) is 0. The summed E-state index contributed by atoms with van der Waals surface area (Å²) in [6.07, 6.45) is 2.91. The molecular weight excluding hydrogens is 443 g/mol. The molecule has 4 rings (SSSR count). The number of carbonyl (C=O) groups is 2. The number of amides is 2. The number of carbonyl (C=O) groups excluding carboxylic acids is 2. The van der Waals surface area contributed by atoms with E-state index in [-0.39, 0.29) is 48.6 Å².